The van der Waals surface area contributed by atoms with Gasteiger partial charge in [0, 0.05) is 17.2 Å². The summed E-state index contributed by atoms with van der Waals surface area (Å²) in [4.78, 5) is 0. The van der Waals surface area contributed by atoms with Gasteiger partial charge in [-0.1, -0.05) is 0 Å². The van der Waals surface area contributed by atoms with Crippen molar-refractivity contribution in [2.75, 3.05) is 6.26 Å². The Hall–Kier alpha value is -1.14. The number of halogens is 3. The molecule has 1 heterocycles. The highest BCUT2D eigenvalue weighted by Gasteiger charge is 2.30. The van der Waals surface area contributed by atoms with Crippen LogP contribution >= 0.6 is 12.0 Å². The predicted octanol–water partition coefficient (Wildman–Crippen LogP) is 4.25. The number of rotatable bonds is 3. The van der Waals surface area contributed by atoms with E-state index in [-0.39, 0.29) is 6.61 Å². The Labute approximate surface area is 99.9 Å². The van der Waals surface area contributed by atoms with E-state index in [1.165, 1.54) is 12.3 Å². The van der Waals surface area contributed by atoms with E-state index < -0.39 is 11.7 Å². The van der Waals surface area contributed by atoms with Crippen molar-refractivity contribution in [3.8, 4) is 0 Å². The number of hydrogen-bond acceptors (Lipinski definition) is 3. The highest BCUT2D eigenvalue weighted by atomic mass is 32.2. The molecule has 2 rings (SSSR count). The zero-order chi connectivity index (χ0) is 12.5. The minimum absolute atomic E-state index is 0.218. The van der Waals surface area contributed by atoms with Gasteiger partial charge in [-0.15, -0.1) is 0 Å². The maximum Gasteiger partial charge on any atom is 0.416 e. The van der Waals surface area contributed by atoms with Gasteiger partial charge in [-0.3, -0.25) is 0 Å². The number of furan rings is 1. The van der Waals surface area contributed by atoms with E-state index in [2.05, 4.69) is 0 Å². The third-order valence-corrected chi connectivity index (χ3v) is 2.67. The highest BCUT2D eigenvalue weighted by Crippen LogP contribution is 2.33. The summed E-state index contributed by atoms with van der Waals surface area (Å²) in [5.74, 6) is 0. The lowest BCUT2D eigenvalue weighted by Crippen LogP contribution is -2.04. The molecular formula is C11H9F3O2S. The second-order valence-corrected chi connectivity index (χ2v) is 3.97. The van der Waals surface area contributed by atoms with Crippen molar-refractivity contribution in [2.45, 2.75) is 12.8 Å². The van der Waals surface area contributed by atoms with Gasteiger partial charge in [0.1, 0.15) is 5.58 Å². The molecule has 92 valence electrons. The van der Waals surface area contributed by atoms with Crippen molar-refractivity contribution >= 4 is 23.0 Å². The quantitative estimate of drug-likeness (QED) is 0.772. The van der Waals surface area contributed by atoms with Crippen LogP contribution in [0.25, 0.3) is 11.0 Å². The van der Waals surface area contributed by atoms with Crippen LogP contribution in [0.3, 0.4) is 0 Å². The minimum atomic E-state index is -4.34. The summed E-state index contributed by atoms with van der Waals surface area (Å²) in [5, 5.41) is 0.439. The standard InChI is InChI=1S/C11H9F3O2S/c1-17-16-6-7-5-15-10-3-2-8(4-9(7)10)11(12,13)14/h2-5H,6H2,1H3. The molecule has 6 heteroatoms. The van der Waals surface area contributed by atoms with Gasteiger partial charge in [-0.2, -0.15) is 13.2 Å². The molecule has 1 aromatic carbocycles. The molecule has 0 radical (unpaired) electrons. The van der Waals surface area contributed by atoms with Gasteiger partial charge in [-0.05, 0) is 30.2 Å². The van der Waals surface area contributed by atoms with E-state index in [0.29, 0.717) is 16.5 Å². The normalized spacial score (nSPS) is 12.2. The summed E-state index contributed by atoms with van der Waals surface area (Å²) in [6.07, 6.45) is -1.19. The second-order valence-electron chi connectivity index (χ2n) is 3.40. The number of hydrogen-bond donors (Lipinski definition) is 0. The average Bonchev–Trinajstić information content (AvgIpc) is 2.67. The van der Waals surface area contributed by atoms with Crippen LogP contribution in [0.15, 0.2) is 28.9 Å². The number of fused-ring (bicyclic) bond motifs is 1. The zero-order valence-electron chi connectivity index (χ0n) is 8.88. The van der Waals surface area contributed by atoms with Crippen LogP contribution in [-0.2, 0) is 17.0 Å². The van der Waals surface area contributed by atoms with Gasteiger partial charge in [0.25, 0.3) is 0 Å². The molecule has 2 nitrogen and oxygen atoms in total. The van der Waals surface area contributed by atoms with Crippen LogP contribution in [-0.4, -0.2) is 6.26 Å². The first kappa shape index (κ1) is 12.3. The van der Waals surface area contributed by atoms with Gasteiger partial charge in [-0.25, -0.2) is 0 Å². The fraction of sp³-hybridized carbons (Fsp3) is 0.273. The Balaban J connectivity index is 2.43. The molecule has 17 heavy (non-hydrogen) atoms. The molecule has 0 saturated heterocycles. The Bertz CT molecular complexity index is 519. The molecule has 0 fully saturated rings. The molecule has 0 spiro atoms. The molecule has 0 aliphatic rings. The largest absolute Gasteiger partial charge is 0.464 e. The lowest BCUT2D eigenvalue weighted by atomic mass is 10.1. The highest BCUT2D eigenvalue weighted by molar-refractivity contribution is 7.93. The van der Waals surface area contributed by atoms with Crippen molar-refractivity contribution in [3.63, 3.8) is 0 Å². The van der Waals surface area contributed by atoms with Crippen LogP contribution < -0.4 is 0 Å². The molecule has 1 aromatic heterocycles. The van der Waals surface area contributed by atoms with Gasteiger partial charge in [0.15, 0.2) is 0 Å². The molecule has 0 N–H and O–H groups in total. The van der Waals surface area contributed by atoms with Gasteiger partial charge < -0.3 is 8.60 Å². The van der Waals surface area contributed by atoms with E-state index in [9.17, 15) is 13.2 Å². The first-order valence-corrected chi connectivity index (χ1v) is 5.90. The summed E-state index contributed by atoms with van der Waals surface area (Å²) in [6, 6.07) is 3.41. The Kier molecular flexibility index (Phi) is 3.35. The molecule has 0 unspecified atom stereocenters. The van der Waals surface area contributed by atoms with Gasteiger partial charge in [0.05, 0.1) is 18.4 Å². The third kappa shape index (κ3) is 2.58. The molecule has 0 aliphatic heterocycles. The van der Waals surface area contributed by atoms with E-state index in [0.717, 1.165) is 24.2 Å². The first-order chi connectivity index (χ1) is 8.02. The van der Waals surface area contributed by atoms with Crippen molar-refractivity contribution in [1.82, 2.24) is 0 Å². The number of alkyl halides is 3. The van der Waals surface area contributed by atoms with Crippen molar-refractivity contribution in [3.05, 3.63) is 35.6 Å². The monoisotopic (exact) mass is 262 g/mol. The SMILES string of the molecule is CSOCc1coc2ccc(C(F)(F)F)cc12. The van der Waals surface area contributed by atoms with Gasteiger partial charge in [0.2, 0.25) is 0 Å². The van der Waals surface area contributed by atoms with E-state index in [1.54, 1.807) is 6.26 Å². The summed E-state index contributed by atoms with van der Waals surface area (Å²) in [7, 11) is 0. The fourth-order valence-corrected chi connectivity index (χ4v) is 1.74. The molecule has 0 atom stereocenters. The smallest absolute Gasteiger partial charge is 0.416 e. The zero-order valence-corrected chi connectivity index (χ0v) is 9.69. The van der Waals surface area contributed by atoms with Crippen LogP contribution in [0.2, 0.25) is 0 Å². The first-order valence-electron chi connectivity index (χ1n) is 4.75. The summed E-state index contributed by atoms with van der Waals surface area (Å²) in [5.41, 5.74) is 0.356. The number of benzene rings is 1. The lowest BCUT2D eigenvalue weighted by molar-refractivity contribution is -0.137. The molecule has 0 bridgehead atoms. The van der Waals surface area contributed by atoms with E-state index >= 15 is 0 Å². The molecule has 0 saturated carbocycles. The third-order valence-electron chi connectivity index (χ3n) is 2.31. The molecule has 0 aliphatic carbocycles. The molecular weight excluding hydrogens is 253 g/mol. The fourth-order valence-electron chi connectivity index (χ4n) is 1.49. The van der Waals surface area contributed by atoms with Crippen molar-refractivity contribution < 1.29 is 21.8 Å². The predicted molar refractivity (Wildman–Crippen MR) is 59.5 cm³/mol. The molecule has 2 aromatic rings. The van der Waals surface area contributed by atoms with Crippen LogP contribution in [0.5, 0.6) is 0 Å². The Morgan fingerprint density at radius 3 is 2.76 bits per heavy atom. The van der Waals surface area contributed by atoms with Crippen LogP contribution in [0, 0.1) is 0 Å². The maximum absolute atomic E-state index is 12.5. The maximum atomic E-state index is 12.5. The molecule has 0 amide bonds. The van der Waals surface area contributed by atoms with Crippen molar-refractivity contribution in [2.24, 2.45) is 0 Å². The summed E-state index contributed by atoms with van der Waals surface area (Å²) >= 11 is 1.15. The Morgan fingerprint density at radius 1 is 1.35 bits per heavy atom. The second kappa shape index (κ2) is 4.62. The summed E-state index contributed by atoms with van der Waals surface area (Å²) in [6.45, 7) is 0.218. The Morgan fingerprint density at radius 2 is 2.12 bits per heavy atom. The topological polar surface area (TPSA) is 22.4 Å². The van der Waals surface area contributed by atoms with E-state index in [1.807, 2.05) is 0 Å². The summed E-state index contributed by atoms with van der Waals surface area (Å²) < 4.78 is 47.9. The minimum Gasteiger partial charge on any atom is -0.464 e. The van der Waals surface area contributed by atoms with Crippen LogP contribution in [0.1, 0.15) is 11.1 Å². The van der Waals surface area contributed by atoms with E-state index in [4.69, 9.17) is 8.60 Å². The van der Waals surface area contributed by atoms with Crippen LogP contribution in [0.4, 0.5) is 13.2 Å². The van der Waals surface area contributed by atoms with Crippen molar-refractivity contribution in [1.29, 1.82) is 0 Å². The average molecular weight is 262 g/mol. The lowest BCUT2D eigenvalue weighted by Gasteiger charge is -2.06. The van der Waals surface area contributed by atoms with Gasteiger partial charge >= 0.3 is 6.18 Å².